The minimum absolute atomic E-state index is 0.0157. The second kappa shape index (κ2) is 5.90. The summed E-state index contributed by atoms with van der Waals surface area (Å²) in [5.41, 5.74) is -0.425. The predicted octanol–water partition coefficient (Wildman–Crippen LogP) is 3.80. The fourth-order valence-corrected chi connectivity index (χ4v) is 3.24. The molecule has 0 bridgehead atoms. The van der Waals surface area contributed by atoms with E-state index in [0.717, 1.165) is 12.1 Å². The maximum atomic E-state index is 13.8. The van der Waals surface area contributed by atoms with E-state index in [4.69, 9.17) is 0 Å². The molecule has 0 radical (unpaired) electrons. The first kappa shape index (κ1) is 17.2. The van der Waals surface area contributed by atoms with E-state index in [1.807, 2.05) is 0 Å². The van der Waals surface area contributed by atoms with Crippen molar-refractivity contribution < 1.29 is 22.4 Å². The quantitative estimate of drug-likeness (QED) is 0.640. The van der Waals surface area contributed by atoms with Gasteiger partial charge in [-0.3, -0.25) is 4.79 Å². The van der Waals surface area contributed by atoms with Crippen molar-refractivity contribution in [2.45, 2.75) is 12.7 Å². The van der Waals surface area contributed by atoms with Gasteiger partial charge in [0, 0.05) is 18.2 Å². The molecular weight excluding hydrogens is 364 g/mol. The summed E-state index contributed by atoms with van der Waals surface area (Å²) in [4.78, 5) is 14.0. The van der Waals surface area contributed by atoms with Crippen molar-refractivity contribution in [2.75, 3.05) is 4.90 Å². The van der Waals surface area contributed by atoms with Gasteiger partial charge in [0.05, 0.1) is 17.8 Å². The summed E-state index contributed by atoms with van der Waals surface area (Å²) >= 11 is 0. The monoisotopic (exact) mass is 376 g/mol. The van der Waals surface area contributed by atoms with Gasteiger partial charge in [-0.05, 0) is 35.9 Å². The summed E-state index contributed by atoms with van der Waals surface area (Å²) in [5, 5.41) is 7.66. The molecule has 0 unspecified atom stereocenters. The van der Waals surface area contributed by atoms with Gasteiger partial charge in [-0.2, -0.15) is 13.2 Å². The Balaban J connectivity index is 1.85. The Labute approximate surface area is 150 Å². The summed E-state index contributed by atoms with van der Waals surface area (Å²) in [7, 11) is 1.65. The summed E-state index contributed by atoms with van der Waals surface area (Å²) in [5.74, 6) is -0.840. The topological polar surface area (TPSA) is 51.0 Å². The highest BCUT2D eigenvalue weighted by Gasteiger charge is 2.40. The van der Waals surface area contributed by atoms with Crippen LogP contribution in [-0.2, 0) is 19.8 Å². The molecule has 0 aliphatic carbocycles. The van der Waals surface area contributed by atoms with Gasteiger partial charge in [0.1, 0.15) is 12.1 Å². The number of carbonyl (C=O) groups is 1. The van der Waals surface area contributed by atoms with E-state index in [0.29, 0.717) is 5.82 Å². The molecule has 0 saturated carbocycles. The third kappa shape index (κ3) is 2.75. The molecule has 0 atom stereocenters. The van der Waals surface area contributed by atoms with Crippen LogP contribution in [0.1, 0.15) is 21.5 Å². The standard InChI is InChI=1S/C18H12F4N4O/c1-25-9-23-24-16(25)12-7-10(19)5-6-15(12)26-8-13-11(17(26)27)3-2-4-14(13)18(20,21)22/h2-7,9H,8H2,1H3. The number of benzene rings is 2. The zero-order chi connectivity index (χ0) is 19.3. The number of aromatic nitrogens is 3. The van der Waals surface area contributed by atoms with Crippen LogP contribution in [0, 0.1) is 5.82 Å². The number of nitrogens with zero attached hydrogens (tertiary/aromatic N) is 4. The lowest BCUT2D eigenvalue weighted by Crippen LogP contribution is -2.24. The number of halogens is 4. The molecule has 1 aliphatic heterocycles. The number of aryl methyl sites for hydroxylation is 1. The van der Waals surface area contributed by atoms with Crippen molar-refractivity contribution in [1.82, 2.24) is 14.8 Å². The number of amides is 1. The summed E-state index contributed by atoms with van der Waals surface area (Å²) < 4.78 is 55.3. The van der Waals surface area contributed by atoms with Gasteiger partial charge in [-0.25, -0.2) is 4.39 Å². The van der Waals surface area contributed by atoms with Crippen LogP contribution in [0.3, 0.4) is 0 Å². The normalized spacial score (nSPS) is 14.0. The van der Waals surface area contributed by atoms with E-state index < -0.39 is 23.5 Å². The molecule has 0 fully saturated rings. The molecule has 0 spiro atoms. The first-order chi connectivity index (χ1) is 12.8. The molecule has 4 rings (SSSR count). The van der Waals surface area contributed by atoms with Gasteiger partial charge in [0.15, 0.2) is 5.82 Å². The van der Waals surface area contributed by atoms with Crippen molar-refractivity contribution >= 4 is 11.6 Å². The Morgan fingerprint density at radius 2 is 1.89 bits per heavy atom. The van der Waals surface area contributed by atoms with Crippen LogP contribution < -0.4 is 4.90 Å². The number of rotatable bonds is 2. The van der Waals surface area contributed by atoms with Crippen LogP contribution >= 0.6 is 0 Å². The number of hydrogen-bond acceptors (Lipinski definition) is 3. The molecular formula is C18H12F4N4O. The van der Waals surface area contributed by atoms with Gasteiger partial charge < -0.3 is 9.47 Å². The zero-order valence-corrected chi connectivity index (χ0v) is 14.0. The fraction of sp³-hybridized carbons (Fsp3) is 0.167. The smallest absolute Gasteiger partial charge is 0.317 e. The van der Waals surface area contributed by atoms with E-state index in [1.165, 1.54) is 40.1 Å². The van der Waals surface area contributed by atoms with Crippen LogP contribution in [0.4, 0.5) is 23.2 Å². The first-order valence-corrected chi connectivity index (χ1v) is 7.92. The highest BCUT2D eigenvalue weighted by atomic mass is 19.4. The first-order valence-electron chi connectivity index (χ1n) is 7.92. The van der Waals surface area contributed by atoms with E-state index in [9.17, 15) is 22.4 Å². The van der Waals surface area contributed by atoms with Crippen molar-refractivity contribution in [3.05, 3.63) is 65.2 Å². The molecule has 0 N–H and O–H groups in total. The Morgan fingerprint density at radius 1 is 1.11 bits per heavy atom. The minimum atomic E-state index is -4.57. The van der Waals surface area contributed by atoms with Gasteiger partial charge in [0.25, 0.3) is 5.91 Å². The minimum Gasteiger partial charge on any atom is -0.317 e. The number of carbonyl (C=O) groups excluding carboxylic acids is 1. The van der Waals surface area contributed by atoms with Gasteiger partial charge >= 0.3 is 6.18 Å². The Hall–Kier alpha value is -3.23. The van der Waals surface area contributed by atoms with E-state index in [2.05, 4.69) is 10.2 Å². The largest absolute Gasteiger partial charge is 0.416 e. The van der Waals surface area contributed by atoms with Crippen molar-refractivity contribution in [1.29, 1.82) is 0 Å². The number of fused-ring (bicyclic) bond motifs is 1. The Kier molecular flexibility index (Phi) is 3.76. The molecule has 1 aromatic heterocycles. The molecule has 1 aliphatic rings. The van der Waals surface area contributed by atoms with Crippen LogP contribution in [-0.4, -0.2) is 20.7 Å². The van der Waals surface area contributed by atoms with Crippen molar-refractivity contribution in [3.8, 4) is 11.4 Å². The molecule has 3 aromatic rings. The average Bonchev–Trinajstić information content (AvgIpc) is 3.17. The van der Waals surface area contributed by atoms with Crippen LogP contribution in [0.2, 0.25) is 0 Å². The molecule has 9 heteroatoms. The summed E-state index contributed by atoms with van der Waals surface area (Å²) in [6.45, 7) is -0.264. The van der Waals surface area contributed by atoms with E-state index in [-0.39, 0.29) is 28.9 Å². The lowest BCUT2D eigenvalue weighted by Gasteiger charge is -2.20. The van der Waals surface area contributed by atoms with Crippen LogP contribution in [0.25, 0.3) is 11.4 Å². The van der Waals surface area contributed by atoms with Gasteiger partial charge in [0.2, 0.25) is 0 Å². The molecule has 27 heavy (non-hydrogen) atoms. The lowest BCUT2D eigenvalue weighted by molar-refractivity contribution is -0.138. The maximum Gasteiger partial charge on any atom is 0.416 e. The summed E-state index contributed by atoms with van der Waals surface area (Å²) in [6, 6.07) is 7.20. The third-order valence-corrected chi connectivity index (χ3v) is 4.47. The number of hydrogen-bond donors (Lipinski definition) is 0. The lowest BCUT2D eigenvalue weighted by atomic mass is 10.0. The average molecular weight is 376 g/mol. The van der Waals surface area contributed by atoms with Gasteiger partial charge in [-0.15, -0.1) is 10.2 Å². The Bertz CT molecular complexity index is 1060. The highest BCUT2D eigenvalue weighted by molar-refractivity contribution is 6.11. The predicted molar refractivity (Wildman–Crippen MR) is 88.4 cm³/mol. The second-order valence-corrected chi connectivity index (χ2v) is 6.15. The molecule has 138 valence electrons. The molecule has 1 amide bonds. The molecule has 0 saturated heterocycles. The number of alkyl halides is 3. The summed E-state index contributed by atoms with van der Waals surface area (Å²) in [6.07, 6.45) is -3.16. The van der Waals surface area contributed by atoms with Crippen LogP contribution in [0.5, 0.6) is 0 Å². The fourth-order valence-electron chi connectivity index (χ4n) is 3.24. The Morgan fingerprint density at radius 3 is 2.56 bits per heavy atom. The molecule has 2 aromatic carbocycles. The van der Waals surface area contributed by atoms with E-state index in [1.54, 1.807) is 7.05 Å². The van der Waals surface area contributed by atoms with Crippen molar-refractivity contribution in [3.63, 3.8) is 0 Å². The zero-order valence-electron chi connectivity index (χ0n) is 14.0. The molecule has 5 nitrogen and oxygen atoms in total. The molecule has 2 heterocycles. The number of anilines is 1. The third-order valence-electron chi connectivity index (χ3n) is 4.47. The maximum absolute atomic E-state index is 13.8. The highest BCUT2D eigenvalue weighted by Crippen LogP contribution is 2.40. The van der Waals surface area contributed by atoms with Crippen molar-refractivity contribution in [2.24, 2.45) is 7.05 Å². The second-order valence-electron chi connectivity index (χ2n) is 6.15. The van der Waals surface area contributed by atoms with Crippen LogP contribution in [0.15, 0.2) is 42.7 Å². The van der Waals surface area contributed by atoms with E-state index >= 15 is 0 Å². The van der Waals surface area contributed by atoms with Gasteiger partial charge in [-0.1, -0.05) is 6.07 Å². The SMILES string of the molecule is Cn1cnnc1-c1cc(F)ccc1N1Cc2c(cccc2C(F)(F)F)C1=O.